The lowest BCUT2D eigenvalue weighted by Crippen LogP contribution is -2.02. The number of hydrogen-bond acceptors (Lipinski definition) is 3. The van der Waals surface area contributed by atoms with E-state index < -0.39 is 17.3 Å². The molecule has 0 saturated carbocycles. The predicted octanol–water partition coefficient (Wildman–Crippen LogP) is 3.63. The number of halogens is 2. The second kappa shape index (κ2) is 6.25. The first kappa shape index (κ1) is 14.8. The third-order valence-corrected chi connectivity index (χ3v) is 3.10. The fraction of sp³-hybridized carbons (Fsp3) is 0.0667. The molecule has 0 aliphatic rings. The van der Waals surface area contributed by atoms with E-state index in [1.807, 2.05) is 6.07 Å². The van der Waals surface area contributed by atoms with Gasteiger partial charge in [0.1, 0.15) is 18.2 Å². The minimum absolute atomic E-state index is 0.0798. The third-order valence-electron chi connectivity index (χ3n) is 2.75. The Balaban J connectivity index is 2.12. The van der Waals surface area contributed by atoms with Gasteiger partial charge in [-0.15, -0.1) is 0 Å². The van der Waals surface area contributed by atoms with Crippen LogP contribution in [-0.2, 0) is 6.61 Å². The lowest BCUT2D eigenvalue weighted by atomic mass is 10.1. The van der Waals surface area contributed by atoms with Crippen molar-refractivity contribution in [2.24, 2.45) is 0 Å². The average molecular weight is 306 g/mol. The number of nitrogens with zero attached hydrogens (tertiary/aromatic N) is 1. The summed E-state index contributed by atoms with van der Waals surface area (Å²) in [7, 11) is 0. The smallest absolute Gasteiger partial charge is 0.338 e. The van der Waals surface area contributed by atoms with Crippen LogP contribution >= 0.6 is 11.6 Å². The molecule has 0 fully saturated rings. The van der Waals surface area contributed by atoms with E-state index in [-0.39, 0.29) is 12.4 Å². The highest BCUT2D eigenvalue weighted by atomic mass is 35.5. The van der Waals surface area contributed by atoms with Gasteiger partial charge in [0, 0.05) is 16.7 Å². The van der Waals surface area contributed by atoms with Gasteiger partial charge < -0.3 is 9.84 Å². The van der Waals surface area contributed by atoms with Crippen molar-refractivity contribution in [2.75, 3.05) is 0 Å². The second-order valence-electron chi connectivity index (χ2n) is 4.15. The average Bonchev–Trinajstić information content (AvgIpc) is 2.45. The highest BCUT2D eigenvalue weighted by molar-refractivity contribution is 6.31. The number of hydrogen-bond donors (Lipinski definition) is 1. The SMILES string of the molecule is N#Cc1ccc(COc2ccc(C(=O)O)c(F)c2)c(Cl)c1. The molecule has 0 saturated heterocycles. The summed E-state index contributed by atoms with van der Waals surface area (Å²) < 4.78 is 18.8. The molecule has 2 aromatic carbocycles. The minimum atomic E-state index is -1.34. The molecule has 0 unspecified atom stereocenters. The molecule has 0 aromatic heterocycles. The number of aromatic carboxylic acids is 1. The van der Waals surface area contributed by atoms with Crippen molar-refractivity contribution in [3.8, 4) is 11.8 Å². The normalized spacial score (nSPS) is 9.95. The van der Waals surface area contributed by atoms with Crippen LogP contribution in [-0.4, -0.2) is 11.1 Å². The molecule has 0 bridgehead atoms. The van der Waals surface area contributed by atoms with Crippen LogP contribution in [0, 0.1) is 17.1 Å². The standard InChI is InChI=1S/C15H9ClFNO3/c16-13-5-9(7-18)1-2-10(13)8-21-11-3-4-12(15(19)20)14(17)6-11/h1-6H,8H2,(H,19,20). The fourth-order valence-corrected chi connectivity index (χ4v) is 1.89. The summed E-state index contributed by atoms with van der Waals surface area (Å²) in [5.74, 6) is -2.02. The molecule has 2 aromatic rings. The summed E-state index contributed by atoms with van der Waals surface area (Å²) in [5, 5.41) is 17.8. The van der Waals surface area contributed by atoms with Gasteiger partial charge in [-0.1, -0.05) is 17.7 Å². The van der Waals surface area contributed by atoms with Crippen molar-refractivity contribution in [1.29, 1.82) is 5.26 Å². The summed E-state index contributed by atoms with van der Waals surface area (Å²) >= 11 is 5.99. The van der Waals surface area contributed by atoms with E-state index in [4.69, 9.17) is 26.7 Å². The van der Waals surface area contributed by atoms with Crippen LogP contribution in [0.1, 0.15) is 21.5 Å². The highest BCUT2D eigenvalue weighted by Crippen LogP contribution is 2.22. The quantitative estimate of drug-likeness (QED) is 0.936. The molecule has 0 spiro atoms. The van der Waals surface area contributed by atoms with Gasteiger partial charge in [-0.05, 0) is 24.3 Å². The molecule has 0 atom stereocenters. The van der Waals surface area contributed by atoms with Crippen LogP contribution in [0.4, 0.5) is 4.39 Å². The number of carbonyl (C=O) groups is 1. The molecule has 106 valence electrons. The van der Waals surface area contributed by atoms with Gasteiger partial charge >= 0.3 is 5.97 Å². The molecule has 21 heavy (non-hydrogen) atoms. The third kappa shape index (κ3) is 3.50. The minimum Gasteiger partial charge on any atom is -0.489 e. The van der Waals surface area contributed by atoms with Gasteiger partial charge in [0.2, 0.25) is 0 Å². The summed E-state index contributed by atoms with van der Waals surface area (Å²) in [6, 6.07) is 10.2. The van der Waals surface area contributed by atoms with Gasteiger partial charge in [0.25, 0.3) is 0 Å². The number of ether oxygens (including phenoxy) is 1. The van der Waals surface area contributed by atoms with Crippen LogP contribution in [0.2, 0.25) is 5.02 Å². The zero-order valence-electron chi connectivity index (χ0n) is 10.6. The molecule has 4 nitrogen and oxygen atoms in total. The summed E-state index contributed by atoms with van der Waals surface area (Å²) in [6.45, 7) is 0.0798. The van der Waals surface area contributed by atoms with Gasteiger partial charge in [-0.25, -0.2) is 9.18 Å². The van der Waals surface area contributed by atoms with E-state index in [0.717, 1.165) is 12.1 Å². The number of benzene rings is 2. The second-order valence-corrected chi connectivity index (χ2v) is 4.56. The lowest BCUT2D eigenvalue weighted by molar-refractivity contribution is 0.0692. The Bertz CT molecular complexity index is 740. The summed E-state index contributed by atoms with van der Waals surface area (Å²) in [5.41, 5.74) is 0.651. The van der Waals surface area contributed by atoms with Gasteiger partial charge in [0.15, 0.2) is 0 Å². The van der Waals surface area contributed by atoms with Crippen LogP contribution in [0.15, 0.2) is 36.4 Å². The van der Waals surface area contributed by atoms with Crippen molar-refractivity contribution in [3.63, 3.8) is 0 Å². The first-order chi connectivity index (χ1) is 10.0. The highest BCUT2D eigenvalue weighted by Gasteiger charge is 2.11. The van der Waals surface area contributed by atoms with Crippen molar-refractivity contribution in [2.45, 2.75) is 6.61 Å². The van der Waals surface area contributed by atoms with E-state index in [0.29, 0.717) is 16.1 Å². The van der Waals surface area contributed by atoms with Crippen molar-refractivity contribution in [1.82, 2.24) is 0 Å². The molecular formula is C15H9ClFNO3. The van der Waals surface area contributed by atoms with Gasteiger partial charge in [0.05, 0.1) is 17.2 Å². The van der Waals surface area contributed by atoms with Gasteiger partial charge in [-0.2, -0.15) is 5.26 Å². The topological polar surface area (TPSA) is 70.3 Å². The lowest BCUT2D eigenvalue weighted by Gasteiger charge is -2.08. The Morgan fingerprint density at radius 1 is 1.33 bits per heavy atom. The zero-order valence-corrected chi connectivity index (χ0v) is 11.4. The molecule has 1 N–H and O–H groups in total. The maximum absolute atomic E-state index is 13.5. The van der Waals surface area contributed by atoms with Gasteiger partial charge in [-0.3, -0.25) is 0 Å². The van der Waals surface area contributed by atoms with Crippen LogP contribution in [0.3, 0.4) is 0 Å². The van der Waals surface area contributed by atoms with E-state index in [9.17, 15) is 9.18 Å². The number of nitriles is 1. The van der Waals surface area contributed by atoms with E-state index in [2.05, 4.69) is 0 Å². The van der Waals surface area contributed by atoms with E-state index in [1.54, 1.807) is 12.1 Å². The summed E-state index contributed by atoms with van der Waals surface area (Å²) in [4.78, 5) is 10.7. The fourth-order valence-electron chi connectivity index (χ4n) is 1.65. The molecule has 0 radical (unpaired) electrons. The molecule has 0 heterocycles. The number of carboxylic acid groups (broad SMARTS) is 1. The maximum Gasteiger partial charge on any atom is 0.338 e. The Morgan fingerprint density at radius 2 is 2.10 bits per heavy atom. The van der Waals surface area contributed by atoms with Crippen molar-refractivity contribution < 1.29 is 19.0 Å². The first-order valence-electron chi connectivity index (χ1n) is 5.85. The van der Waals surface area contributed by atoms with Crippen LogP contribution < -0.4 is 4.74 Å². The molecule has 6 heteroatoms. The molecule has 0 amide bonds. The summed E-state index contributed by atoms with van der Waals surface area (Å²) in [6.07, 6.45) is 0. The Morgan fingerprint density at radius 3 is 2.67 bits per heavy atom. The number of carboxylic acids is 1. The first-order valence-corrected chi connectivity index (χ1v) is 6.23. The van der Waals surface area contributed by atoms with E-state index in [1.165, 1.54) is 12.1 Å². The monoisotopic (exact) mass is 305 g/mol. The maximum atomic E-state index is 13.5. The van der Waals surface area contributed by atoms with E-state index >= 15 is 0 Å². The van der Waals surface area contributed by atoms with Crippen molar-refractivity contribution >= 4 is 17.6 Å². The van der Waals surface area contributed by atoms with Crippen LogP contribution in [0.25, 0.3) is 0 Å². The Kier molecular flexibility index (Phi) is 4.41. The molecular weight excluding hydrogens is 297 g/mol. The Hall–Kier alpha value is -2.58. The molecule has 2 rings (SSSR count). The molecule has 0 aliphatic heterocycles. The van der Waals surface area contributed by atoms with Crippen LogP contribution in [0.5, 0.6) is 5.75 Å². The Labute approximate surface area is 125 Å². The predicted molar refractivity (Wildman–Crippen MR) is 73.9 cm³/mol. The largest absolute Gasteiger partial charge is 0.489 e. The van der Waals surface area contributed by atoms with Crippen molar-refractivity contribution in [3.05, 3.63) is 63.9 Å². The number of rotatable bonds is 4. The zero-order chi connectivity index (χ0) is 15.4. The molecule has 0 aliphatic carbocycles.